The van der Waals surface area contributed by atoms with Crippen molar-refractivity contribution < 1.29 is 22.7 Å². The van der Waals surface area contributed by atoms with Gasteiger partial charge in [0.25, 0.3) is 0 Å². The van der Waals surface area contributed by atoms with Crippen molar-refractivity contribution in [1.29, 1.82) is 0 Å². The summed E-state index contributed by atoms with van der Waals surface area (Å²) in [5, 5.41) is 0. The number of fused-ring (bicyclic) bond motifs is 1. The molecule has 28 heavy (non-hydrogen) atoms. The van der Waals surface area contributed by atoms with Crippen LogP contribution in [0.3, 0.4) is 0 Å². The van der Waals surface area contributed by atoms with E-state index in [2.05, 4.69) is 4.72 Å². The number of sulfonamides is 1. The monoisotopic (exact) mass is 404 g/mol. The van der Waals surface area contributed by atoms with Crippen molar-refractivity contribution in [1.82, 2.24) is 0 Å². The van der Waals surface area contributed by atoms with E-state index in [0.717, 1.165) is 0 Å². The highest BCUT2D eigenvalue weighted by Gasteiger charge is 2.36. The summed E-state index contributed by atoms with van der Waals surface area (Å²) < 4.78 is 38.6. The SMILES string of the molecule is COc1cccc(CS(=O)(=O)Nc2ccc3c(c2)N(C)C(=O)C(C)(C)CO3)c1. The Labute approximate surface area is 165 Å². The van der Waals surface area contributed by atoms with Crippen LogP contribution in [0.1, 0.15) is 19.4 Å². The summed E-state index contributed by atoms with van der Waals surface area (Å²) in [7, 11) is -0.463. The number of hydrogen-bond donors (Lipinski definition) is 1. The molecule has 8 heteroatoms. The molecule has 0 radical (unpaired) electrons. The molecular formula is C20H24N2O5S. The molecule has 0 atom stereocenters. The second kappa shape index (κ2) is 7.35. The minimum absolute atomic E-state index is 0.0948. The van der Waals surface area contributed by atoms with Crippen LogP contribution >= 0.6 is 0 Å². The minimum atomic E-state index is -3.65. The zero-order valence-electron chi connectivity index (χ0n) is 16.4. The first-order valence-electron chi connectivity index (χ1n) is 8.80. The normalized spacial score (nSPS) is 16.0. The molecule has 1 amide bonds. The van der Waals surface area contributed by atoms with Crippen LogP contribution in [0.5, 0.6) is 11.5 Å². The second-order valence-electron chi connectivity index (χ2n) is 7.43. The first-order chi connectivity index (χ1) is 13.1. The number of nitrogens with one attached hydrogen (secondary N) is 1. The van der Waals surface area contributed by atoms with Crippen LogP contribution in [0.15, 0.2) is 42.5 Å². The lowest BCUT2D eigenvalue weighted by molar-refractivity contribution is -0.127. The summed E-state index contributed by atoms with van der Waals surface area (Å²) in [5.74, 6) is 0.844. The summed E-state index contributed by atoms with van der Waals surface area (Å²) in [4.78, 5) is 14.1. The van der Waals surface area contributed by atoms with E-state index in [-0.39, 0.29) is 18.3 Å². The summed E-state index contributed by atoms with van der Waals surface area (Å²) in [6, 6.07) is 11.8. The van der Waals surface area contributed by atoms with Gasteiger partial charge in [-0.3, -0.25) is 9.52 Å². The zero-order chi connectivity index (χ0) is 20.5. The lowest BCUT2D eigenvalue weighted by Gasteiger charge is -2.24. The Morgan fingerprint density at radius 1 is 1.21 bits per heavy atom. The Kier molecular flexibility index (Phi) is 5.25. The number of methoxy groups -OCH3 is 1. The van der Waals surface area contributed by atoms with Gasteiger partial charge in [0.15, 0.2) is 0 Å². The number of carbonyl (C=O) groups excluding carboxylic acids is 1. The molecule has 150 valence electrons. The first kappa shape index (κ1) is 20.0. The van der Waals surface area contributed by atoms with Crippen molar-refractivity contribution in [3.8, 4) is 11.5 Å². The van der Waals surface area contributed by atoms with E-state index in [1.165, 1.54) is 12.0 Å². The molecular weight excluding hydrogens is 380 g/mol. The lowest BCUT2D eigenvalue weighted by atomic mass is 9.93. The topological polar surface area (TPSA) is 84.9 Å². The van der Waals surface area contributed by atoms with E-state index in [1.54, 1.807) is 49.5 Å². The molecule has 0 aliphatic carbocycles. The van der Waals surface area contributed by atoms with Crippen LogP contribution in [0.4, 0.5) is 11.4 Å². The number of hydrogen-bond acceptors (Lipinski definition) is 5. The van der Waals surface area contributed by atoms with Crippen LogP contribution < -0.4 is 19.1 Å². The molecule has 0 saturated heterocycles. The van der Waals surface area contributed by atoms with Gasteiger partial charge in [-0.15, -0.1) is 0 Å². The summed E-state index contributed by atoms with van der Waals surface area (Å²) in [6.07, 6.45) is 0. The van der Waals surface area contributed by atoms with Gasteiger partial charge >= 0.3 is 0 Å². The number of anilines is 2. The number of nitrogens with zero attached hydrogens (tertiary/aromatic N) is 1. The fourth-order valence-corrected chi connectivity index (χ4v) is 4.22. The molecule has 2 aromatic rings. The fraction of sp³-hybridized carbons (Fsp3) is 0.350. The molecule has 7 nitrogen and oxygen atoms in total. The molecule has 2 aromatic carbocycles. The summed E-state index contributed by atoms with van der Waals surface area (Å²) in [5.41, 5.74) is 0.834. The van der Waals surface area contributed by atoms with Gasteiger partial charge in [0, 0.05) is 7.05 Å². The summed E-state index contributed by atoms with van der Waals surface area (Å²) in [6.45, 7) is 3.88. The van der Waals surface area contributed by atoms with Gasteiger partial charge in [-0.25, -0.2) is 8.42 Å². The Bertz CT molecular complexity index is 1000. The van der Waals surface area contributed by atoms with E-state index >= 15 is 0 Å². The van der Waals surface area contributed by atoms with Crippen LogP contribution in [-0.2, 0) is 20.6 Å². The maximum atomic E-state index is 12.6. The smallest absolute Gasteiger partial charge is 0.236 e. The van der Waals surface area contributed by atoms with E-state index in [1.807, 2.05) is 13.8 Å². The highest BCUT2D eigenvalue weighted by Crippen LogP contribution is 2.37. The third-order valence-corrected chi connectivity index (χ3v) is 5.82. The fourth-order valence-electron chi connectivity index (χ4n) is 3.05. The van der Waals surface area contributed by atoms with Gasteiger partial charge in [-0.1, -0.05) is 12.1 Å². The van der Waals surface area contributed by atoms with E-state index in [4.69, 9.17) is 9.47 Å². The maximum Gasteiger partial charge on any atom is 0.236 e. The van der Waals surface area contributed by atoms with Gasteiger partial charge < -0.3 is 14.4 Å². The number of carbonyl (C=O) groups is 1. The van der Waals surface area contributed by atoms with Crippen molar-refractivity contribution in [2.45, 2.75) is 19.6 Å². The molecule has 3 rings (SSSR count). The largest absolute Gasteiger partial charge is 0.497 e. The highest BCUT2D eigenvalue weighted by atomic mass is 32.2. The molecule has 0 spiro atoms. The quantitative estimate of drug-likeness (QED) is 0.828. The molecule has 0 bridgehead atoms. The van der Waals surface area contributed by atoms with Crippen LogP contribution in [0, 0.1) is 5.41 Å². The molecule has 0 fully saturated rings. The van der Waals surface area contributed by atoms with Crippen LogP contribution in [-0.4, -0.2) is 35.1 Å². The van der Waals surface area contributed by atoms with Crippen molar-refractivity contribution in [3.63, 3.8) is 0 Å². The molecule has 1 heterocycles. The number of benzene rings is 2. The van der Waals surface area contributed by atoms with Crippen molar-refractivity contribution >= 4 is 27.3 Å². The van der Waals surface area contributed by atoms with Crippen molar-refractivity contribution in [2.24, 2.45) is 5.41 Å². The zero-order valence-corrected chi connectivity index (χ0v) is 17.2. The number of amides is 1. The third kappa shape index (κ3) is 4.22. The number of ether oxygens (including phenoxy) is 2. The molecule has 0 saturated carbocycles. The molecule has 0 unspecified atom stereocenters. The van der Waals surface area contributed by atoms with E-state index in [9.17, 15) is 13.2 Å². The summed E-state index contributed by atoms with van der Waals surface area (Å²) >= 11 is 0. The lowest BCUT2D eigenvalue weighted by Crippen LogP contribution is -2.39. The Morgan fingerprint density at radius 2 is 1.96 bits per heavy atom. The predicted molar refractivity (Wildman–Crippen MR) is 108 cm³/mol. The minimum Gasteiger partial charge on any atom is -0.497 e. The highest BCUT2D eigenvalue weighted by molar-refractivity contribution is 7.91. The van der Waals surface area contributed by atoms with Gasteiger partial charge in [0.1, 0.15) is 18.1 Å². The van der Waals surface area contributed by atoms with Crippen molar-refractivity contribution in [3.05, 3.63) is 48.0 Å². The molecule has 0 aromatic heterocycles. The first-order valence-corrected chi connectivity index (χ1v) is 10.4. The number of rotatable bonds is 5. The van der Waals surface area contributed by atoms with Crippen LogP contribution in [0.2, 0.25) is 0 Å². The van der Waals surface area contributed by atoms with E-state index in [0.29, 0.717) is 28.4 Å². The molecule has 1 aliphatic heterocycles. The van der Waals surface area contributed by atoms with Crippen LogP contribution in [0.25, 0.3) is 0 Å². The molecule has 1 N–H and O–H groups in total. The molecule has 1 aliphatic rings. The Balaban J connectivity index is 1.84. The van der Waals surface area contributed by atoms with Crippen molar-refractivity contribution in [2.75, 3.05) is 30.4 Å². The average molecular weight is 404 g/mol. The standard InChI is InChI=1S/C20H24N2O5S/c1-20(2)13-27-18-9-8-15(11-17(18)22(3)19(20)23)21-28(24,25)12-14-6-5-7-16(10-14)26-4/h5-11,21H,12-13H2,1-4H3. The maximum absolute atomic E-state index is 12.6. The van der Waals surface area contributed by atoms with Gasteiger partial charge in [-0.05, 0) is 49.7 Å². The van der Waals surface area contributed by atoms with Gasteiger partial charge in [0.05, 0.1) is 29.7 Å². The van der Waals surface area contributed by atoms with Gasteiger partial charge in [-0.2, -0.15) is 0 Å². The second-order valence-corrected chi connectivity index (χ2v) is 9.15. The third-order valence-electron chi connectivity index (χ3n) is 4.56. The Morgan fingerprint density at radius 3 is 2.68 bits per heavy atom. The van der Waals surface area contributed by atoms with Gasteiger partial charge in [0.2, 0.25) is 15.9 Å². The Hall–Kier alpha value is -2.74. The predicted octanol–water partition coefficient (Wildman–Crippen LogP) is 3.02. The van der Waals surface area contributed by atoms with E-state index < -0.39 is 15.4 Å². The average Bonchev–Trinajstić information content (AvgIpc) is 2.72.